The van der Waals surface area contributed by atoms with Gasteiger partial charge in [0.15, 0.2) is 0 Å². The van der Waals surface area contributed by atoms with Crippen LogP contribution in [0.15, 0.2) is 12.1 Å². The first-order chi connectivity index (χ1) is 8.15. The van der Waals surface area contributed by atoms with Crippen LogP contribution >= 0.6 is 0 Å². The third-order valence-corrected chi connectivity index (χ3v) is 3.85. The Bertz CT molecular complexity index is 420. The van der Waals surface area contributed by atoms with E-state index in [4.69, 9.17) is 0 Å². The van der Waals surface area contributed by atoms with Gasteiger partial charge in [-0.1, -0.05) is 18.9 Å². The number of rotatable bonds is 3. The van der Waals surface area contributed by atoms with Gasteiger partial charge in [0, 0.05) is 17.0 Å². The fourth-order valence-electron chi connectivity index (χ4n) is 2.73. The summed E-state index contributed by atoms with van der Waals surface area (Å²) >= 11 is 0. The molecule has 1 aromatic rings. The number of aldehydes is 1. The molecule has 1 aliphatic carbocycles. The summed E-state index contributed by atoms with van der Waals surface area (Å²) in [6.45, 7) is 1.66. The van der Waals surface area contributed by atoms with E-state index in [0.717, 1.165) is 32.0 Å². The Morgan fingerprint density at radius 3 is 2.53 bits per heavy atom. The third kappa shape index (κ3) is 2.14. The van der Waals surface area contributed by atoms with Gasteiger partial charge < -0.3 is 15.0 Å². The van der Waals surface area contributed by atoms with E-state index in [0.29, 0.717) is 17.0 Å². The highest BCUT2D eigenvalue weighted by atomic mass is 16.3. The number of hydrogen-bond acceptors (Lipinski definition) is 3. The second-order valence-electron chi connectivity index (χ2n) is 4.85. The average Bonchev–Trinajstić information content (AvgIpc) is 2.84. The topological polar surface area (TPSA) is 57.5 Å². The summed E-state index contributed by atoms with van der Waals surface area (Å²) in [5.41, 5.74) is 1.11. The first-order valence-corrected chi connectivity index (χ1v) is 6.12. The van der Waals surface area contributed by atoms with E-state index < -0.39 is 0 Å². The third-order valence-electron chi connectivity index (χ3n) is 3.85. The maximum atomic E-state index is 11.3. The minimum Gasteiger partial charge on any atom is -0.508 e. The molecule has 1 saturated carbocycles. The molecule has 17 heavy (non-hydrogen) atoms. The number of phenols is 2. The molecular weight excluding hydrogens is 216 g/mol. The van der Waals surface area contributed by atoms with E-state index >= 15 is 0 Å². The predicted molar refractivity (Wildman–Crippen MR) is 65.3 cm³/mol. The van der Waals surface area contributed by atoms with Crippen molar-refractivity contribution in [3.8, 4) is 11.5 Å². The normalized spacial score (nSPS) is 18.2. The van der Waals surface area contributed by atoms with Crippen LogP contribution in [0.1, 0.15) is 42.7 Å². The van der Waals surface area contributed by atoms with E-state index in [2.05, 4.69) is 0 Å². The summed E-state index contributed by atoms with van der Waals surface area (Å²) in [5, 5.41) is 19.5. The van der Waals surface area contributed by atoms with Gasteiger partial charge >= 0.3 is 0 Å². The second-order valence-corrected chi connectivity index (χ2v) is 4.85. The lowest BCUT2D eigenvalue weighted by Crippen LogP contribution is -2.11. The van der Waals surface area contributed by atoms with Crippen molar-refractivity contribution >= 4 is 6.29 Å². The average molecular weight is 234 g/mol. The van der Waals surface area contributed by atoms with Gasteiger partial charge in [0.1, 0.15) is 17.8 Å². The Labute approximate surface area is 101 Å². The van der Waals surface area contributed by atoms with Crippen LogP contribution in [0.3, 0.4) is 0 Å². The molecule has 2 rings (SSSR count). The summed E-state index contributed by atoms with van der Waals surface area (Å²) in [7, 11) is 0. The van der Waals surface area contributed by atoms with Crippen molar-refractivity contribution in [2.24, 2.45) is 5.92 Å². The van der Waals surface area contributed by atoms with Crippen LogP contribution < -0.4 is 0 Å². The maximum absolute atomic E-state index is 11.3. The van der Waals surface area contributed by atoms with E-state index in [9.17, 15) is 15.0 Å². The SMILES string of the molecule is Cc1c(O)ccc(C(C=O)C2CCCC2)c1O. The van der Waals surface area contributed by atoms with Crippen molar-refractivity contribution in [3.63, 3.8) is 0 Å². The lowest BCUT2D eigenvalue weighted by molar-refractivity contribution is -0.110. The van der Waals surface area contributed by atoms with Crippen molar-refractivity contribution in [1.82, 2.24) is 0 Å². The van der Waals surface area contributed by atoms with Crippen molar-refractivity contribution in [2.45, 2.75) is 38.5 Å². The van der Waals surface area contributed by atoms with Gasteiger partial charge in [0.25, 0.3) is 0 Å². The standard InChI is InChI=1S/C14H18O3/c1-9-13(16)7-6-11(14(9)17)12(8-15)10-4-2-3-5-10/h6-8,10,12,16-17H,2-5H2,1H3. The van der Waals surface area contributed by atoms with Gasteiger partial charge in [-0.3, -0.25) is 0 Å². The molecule has 3 heteroatoms. The van der Waals surface area contributed by atoms with Crippen molar-refractivity contribution in [3.05, 3.63) is 23.3 Å². The monoisotopic (exact) mass is 234 g/mol. The van der Waals surface area contributed by atoms with Crippen molar-refractivity contribution < 1.29 is 15.0 Å². The molecule has 1 aromatic carbocycles. The molecule has 0 amide bonds. The zero-order chi connectivity index (χ0) is 12.4. The molecule has 0 bridgehead atoms. The lowest BCUT2D eigenvalue weighted by atomic mass is 9.84. The van der Waals surface area contributed by atoms with Gasteiger partial charge in [-0.05, 0) is 31.7 Å². The fraction of sp³-hybridized carbons (Fsp3) is 0.500. The van der Waals surface area contributed by atoms with Gasteiger partial charge in [-0.2, -0.15) is 0 Å². The Balaban J connectivity index is 2.37. The molecule has 1 unspecified atom stereocenters. The lowest BCUT2D eigenvalue weighted by Gasteiger charge is -2.20. The summed E-state index contributed by atoms with van der Waals surface area (Å²) < 4.78 is 0. The fourth-order valence-corrected chi connectivity index (χ4v) is 2.73. The number of aromatic hydroxyl groups is 2. The van der Waals surface area contributed by atoms with E-state index in [1.54, 1.807) is 19.1 Å². The highest BCUT2D eigenvalue weighted by Gasteiger charge is 2.28. The van der Waals surface area contributed by atoms with Gasteiger partial charge in [-0.15, -0.1) is 0 Å². The molecule has 92 valence electrons. The molecule has 0 radical (unpaired) electrons. The van der Waals surface area contributed by atoms with Crippen molar-refractivity contribution in [1.29, 1.82) is 0 Å². The largest absolute Gasteiger partial charge is 0.508 e. The molecule has 1 aliphatic rings. The van der Waals surface area contributed by atoms with Crippen LogP contribution in [0.4, 0.5) is 0 Å². The number of carbonyl (C=O) groups is 1. The Kier molecular flexibility index (Phi) is 3.36. The van der Waals surface area contributed by atoms with Gasteiger partial charge in [0.2, 0.25) is 0 Å². The number of hydrogen-bond donors (Lipinski definition) is 2. The van der Waals surface area contributed by atoms with E-state index in [1.165, 1.54) is 0 Å². The minimum atomic E-state index is -0.239. The molecule has 0 aliphatic heterocycles. The summed E-state index contributed by atoms with van der Waals surface area (Å²) in [6.07, 6.45) is 5.34. The van der Waals surface area contributed by atoms with Gasteiger partial charge in [0.05, 0.1) is 0 Å². The molecule has 0 heterocycles. The first-order valence-electron chi connectivity index (χ1n) is 6.12. The van der Waals surface area contributed by atoms with Gasteiger partial charge in [-0.25, -0.2) is 0 Å². The summed E-state index contributed by atoms with van der Waals surface area (Å²) in [6, 6.07) is 3.21. The number of phenolic OH excluding ortho intramolecular Hbond substituents is 2. The summed E-state index contributed by atoms with van der Waals surface area (Å²) in [5.74, 6) is 0.232. The Hall–Kier alpha value is -1.51. The molecule has 3 nitrogen and oxygen atoms in total. The Morgan fingerprint density at radius 2 is 1.94 bits per heavy atom. The first kappa shape index (κ1) is 12.0. The molecule has 0 aromatic heterocycles. The number of benzene rings is 1. The zero-order valence-corrected chi connectivity index (χ0v) is 10.0. The van der Waals surface area contributed by atoms with Crippen LogP contribution in [0, 0.1) is 12.8 Å². The van der Waals surface area contributed by atoms with E-state index in [1.807, 2.05) is 0 Å². The highest BCUT2D eigenvalue weighted by molar-refractivity contribution is 5.66. The smallest absolute Gasteiger partial charge is 0.127 e. The maximum Gasteiger partial charge on any atom is 0.127 e. The van der Waals surface area contributed by atoms with Crippen LogP contribution in [0.25, 0.3) is 0 Å². The molecule has 1 atom stereocenters. The summed E-state index contributed by atoms with van der Waals surface area (Å²) in [4.78, 5) is 11.3. The van der Waals surface area contributed by atoms with Crippen LogP contribution in [0.2, 0.25) is 0 Å². The highest BCUT2D eigenvalue weighted by Crippen LogP contribution is 2.41. The predicted octanol–water partition coefficient (Wildman–Crippen LogP) is 2.88. The molecule has 0 spiro atoms. The molecule has 1 fully saturated rings. The minimum absolute atomic E-state index is 0.0639. The Morgan fingerprint density at radius 1 is 1.29 bits per heavy atom. The molecular formula is C14H18O3. The quantitative estimate of drug-likeness (QED) is 0.791. The van der Waals surface area contributed by atoms with Crippen LogP contribution in [-0.2, 0) is 4.79 Å². The zero-order valence-electron chi connectivity index (χ0n) is 10.0. The molecule has 0 saturated heterocycles. The number of carbonyl (C=O) groups excluding carboxylic acids is 1. The van der Waals surface area contributed by atoms with Crippen LogP contribution in [0.5, 0.6) is 11.5 Å². The molecule has 2 N–H and O–H groups in total. The van der Waals surface area contributed by atoms with Crippen molar-refractivity contribution in [2.75, 3.05) is 0 Å². The second kappa shape index (κ2) is 4.78. The van der Waals surface area contributed by atoms with Crippen LogP contribution in [-0.4, -0.2) is 16.5 Å². The van der Waals surface area contributed by atoms with E-state index in [-0.39, 0.29) is 17.4 Å².